The van der Waals surface area contributed by atoms with E-state index in [9.17, 15) is 4.79 Å². The van der Waals surface area contributed by atoms with Crippen LogP contribution in [0.1, 0.15) is 24.2 Å². The standard InChI is InChI=1S/C15H23NO5/c1-6-16(7-2)10-21-15(17)11-8-12(18-3)14(20-5)13(9-11)19-4/h8-9H,6-7,10H2,1-5H3. The van der Waals surface area contributed by atoms with Gasteiger partial charge in [0.05, 0.1) is 26.9 Å². The quantitative estimate of drug-likeness (QED) is 0.541. The van der Waals surface area contributed by atoms with Crippen LogP contribution in [0.25, 0.3) is 0 Å². The second-order valence-corrected chi connectivity index (χ2v) is 4.28. The molecular weight excluding hydrogens is 274 g/mol. The van der Waals surface area contributed by atoms with Crippen molar-refractivity contribution in [1.82, 2.24) is 4.90 Å². The van der Waals surface area contributed by atoms with Crippen molar-refractivity contribution in [3.8, 4) is 17.2 Å². The van der Waals surface area contributed by atoms with Gasteiger partial charge in [-0.3, -0.25) is 4.90 Å². The lowest BCUT2D eigenvalue weighted by Gasteiger charge is -2.18. The molecule has 0 aliphatic rings. The molecule has 0 fully saturated rings. The summed E-state index contributed by atoms with van der Waals surface area (Å²) >= 11 is 0. The third kappa shape index (κ3) is 4.26. The minimum Gasteiger partial charge on any atom is -0.493 e. The molecule has 0 amide bonds. The molecule has 0 radical (unpaired) electrons. The van der Waals surface area contributed by atoms with Crippen LogP contribution in [0.5, 0.6) is 17.2 Å². The van der Waals surface area contributed by atoms with E-state index >= 15 is 0 Å². The van der Waals surface area contributed by atoms with Crippen LogP contribution < -0.4 is 14.2 Å². The maximum atomic E-state index is 12.1. The lowest BCUT2D eigenvalue weighted by Crippen LogP contribution is -2.27. The van der Waals surface area contributed by atoms with E-state index in [1.807, 2.05) is 18.7 Å². The third-order valence-electron chi connectivity index (χ3n) is 3.17. The fourth-order valence-corrected chi connectivity index (χ4v) is 1.84. The molecule has 1 aromatic carbocycles. The van der Waals surface area contributed by atoms with Crippen molar-refractivity contribution in [1.29, 1.82) is 0 Å². The van der Waals surface area contributed by atoms with Gasteiger partial charge in [-0.25, -0.2) is 4.79 Å². The lowest BCUT2D eigenvalue weighted by atomic mass is 10.2. The van der Waals surface area contributed by atoms with E-state index in [-0.39, 0.29) is 6.73 Å². The zero-order valence-electron chi connectivity index (χ0n) is 13.3. The Kier molecular flexibility index (Phi) is 6.81. The van der Waals surface area contributed by atoms with Crippen LogP contribution in [-0.2, 0) is 4.74 Å². The predicted octanol–water partition coefficient (Wildman–Crippen LogP) is 2.17. The molecule has 6 nitrogen and oxygen atoms in total. The normalized spacial score (nSPS) is 10.4. The molecule has 0 aliphatic heterocycles. The van der Waals surface area contributed by atoms with Gasteiger partial charge < -0.3 is 18.9 Å². The molecule has 0 heterocycles. The highest BCUT2D eigenvalue weighted by Crippen LogP contribution is 2.38. The Morgan fingerprint density at radius 3 is 1.90 bits per heavy atom. The maximum Gasteiger partial charge on any atom is 0.339 e. The van der Waals surface area contributed by atoms with E-state index in [1.54, 1.807) is 12.1 Å². The van der Waals surface area contributed by atoms with Crippen molar-refractivity contribution in [2.75, 3.05) is 41.1 Å². The van der Waals surface area contributed by atoms with Crippen molar-refractivity contribution in [3.63, 3.8) is 0 Å². The Morgan fingerprint density at radius 1 is 1.00 bits per heavy atom. The number of hydrogen-bond donors (Lipinski definition) is 0. The Hall–Kier alpha value is -1.95. The summed E-state index contributed by atoms with van der Waals surface area (Å²) in [7, 11) is 4.52. The van der Waals surface area contributed by atoms with Crippen LogP contribution in [0.3, 0.4) is 0 Å². The van der Waals surface area contributed by atoms with E-state index in [2.05, 4.69) is 0 Å². The number of esters is 1. The van der Waals surface area contributed by atoms with Gasteiger partial charge in [-0.1, -0.05) is 13.8 Å². The molecule has 0 aliphatic carbocycles. The topological polar surface area (TPSA) is 57.2 Å². The van der Waals surface area contributed by atoms with Gasteiger partial charge >= 0.3 is 5.97 Å². The van der Waals surface area contributed by atoms with E-state index in [0.717, 1.165) is 13.1 Å². The molecule has 0 spiro atoms. The highest BCUT2D eigenvalue weighted by molar-refractivity contribution is 5.91. The Balaban J connectivity index is 2.94. The van der Waals surface area contributed by atoms with Crippen LogP contribution in [0.15, 0.2) is 12.1 Å². The zero-order chi connectivity index (χ0) is 15.8. The number of ether oxygens (including phenoxy) is 4. The first kappa shape index (κ1) is 17.1. The summed E-state index contributed by atoms with van der Waals surface area (Å²) in [5.74, 6) is 0.861. The number of carbonyl (C=O) groups excluding carboxylic acids is 1. The zero-order valence-corrected chi connectivity index (χ0v) is 13.3. The second kappa shape index (κ2) is 8.36. The van der Waals surface area contributed by atoms with Gasteiger partial charge in [0.1, 0.15) is 6.73 Å². The molecule has 0 aromatic heterocycles. The van der Waals surface area contributed by atoms with E-state index in [1.165, 1.54) is 21.3 Å². The molecule has 1 rings (SSSR count). The van der Waals surface area contributed by atoms with Gasteiger partial charge in [0.2, 0.25) is 5.75 Å². The second-order valence-electron chi connectivity index (χ2n) is 4.28. The van der Waals surface area contributed by atoms with Gasteiger partial charge in [-0.15, -0.1) is 0 Å². The molecule has 0 saturated heterocycles. The van der Waals surface area contributed by atoms with Crippen molar-refractivity contribution < 1.29 is 23.7 Å². The van der Waals surface area contributed by atoms with E-state index < -0.39 is 5.97 Å². The first-order chi connectivity index (χ1) is 10.1. The first-order valence-corrected chi connectivity index (χ1v) is 6.80. The van der Waals surface area contributed by atoms with Crippen molar-refractivity contribution in [2.24, 2.45) is 0 Å². The van der Waals surface area contributed by atoms with Crippen molar-refractivity contribution >= 4 is 5.97 Å². The average molecular weight is 297 g/mol. The summed E-state index contributed by atoms with van der Waals surface area (Å²) in [6.07, 6.45) is 0. The van der Waals surface area contributed by atoms with Gasteiger partial charge in [-0.05, 0) is 25.2 Å². The van der Waals surface area contributed by atoms with Gasteiger partial charge in [-0.2, -0.15) is 0 Å². The summed E-state index contributed by atoms with van der Waals surface area (Å²) < 4.78 is 20.9. The maximum absolute atomic E-state index is 12.1. The van der Waals surface area contributed by atoms with Crippen LogP contribution in [0.2, 0.25) is 0 Å². The molecule has 0 atom stereocenters. The summed E-state index contributed by atoms with van der Waals surface area (Å²) in [6, 6.07) is 3.15. The summed E-state index contributed by atoms with van der Waals surface area (Å²) in [5, 5.41) is 0. The summed E-state index contributed by atoms with van der Waals surface area (Å²) in [5.41, 5.74) is 0.358. The smallest absolute Gasteiger partial charge is 0.339 e. The highest BCUT2D eigenvalue weighted by Gasteiger charge is 2.18. The highest BCUT2D eigenvalue weighted by atomic mass is 16.5. The monoisotopic (exact) mass is 297 g/mol. The van der Waals surface area contributed by atoms with Crippen molar-refractivity contribution in [3.05, 3.63) is 17.7 Å². The largest absolute Gasteiger partial charge is 0.493 e. The first-order valence-electron chi connectivity index (χ1n) is 6.80. The minimum absolute atomic E-state index is 0.252. The number of benzene rings is 1. The molecule has 118 valence electrons. The fraction of sp³-hybridized carbons (Fsp3) is 0.533. The Morgan fingerprint density at radius 2 is 1.52 bits per heavy atom. The lowest BCUT2D eigenvalue weighted by molar-refractivity contribution is 0.0239. The summed E-state index contributed by atoms with van der Waals surface area (Å²) in [4.78, 5) is 14.1. The average Bonchev–Trinajstić information content (AvgIpc) is 2.53. The molecule has 0 N–H and O–H groups in total. The molecule has 1 aromatic rings. The predicted molar refractivity (Wildman–Crippen MR) is 79.3 cm³/mol. The molecular formula is C15H23NO5. The molecule has 0 saturated carbocycles. The van der Waals surface area contributed by atoms with E-state index in [0.29, 0.717) is 22.8 Å². The fourth-order valence-electron chi connectivity index (χ4n) is 1.84. The third-order valence-corrected chi connectivity index (χ3v) is 3.17. The number of carbonyl (C=O) groups is 1. The number of hydrogen-bond acceptors (Lipinski definition) is 6. The molecule has 0 unspecified atom stereocenters. The molecule has 21 heavy (non-hydrogen) atoms. The van der Waals surface area contributed by atoms with Crippen LogP contribution in [0.4, 0.5) is 0 Å². The van der Waals surface area contributed by atoms with Crippen LogP contribution in [0, 0.1) is 0 Å². The minimum atomic E-state index is -0.429. The summed E-state index contributed by atoms with van der Waals surface area (Å²) in [6.45, 7) is 5.91. The molecule has 6 heteroatoms. The van der Waals surface area contributed by atoms with Crippen molar-refractivity contribution in [2.45, 2.75) is 13.8 Å². The molecule has 0 bridgehead atoms. The van der Waals surface area contributed by atoms with Gasteiger partial charge in [0.25, 0.3) is 0 Å². The van der Waals surface area contributed by atoms with E-state index in [4.69, 9.17) is 18.9 Å². The number of methoxy groups -OCH3 is 3. The SMILES string of the molecule is CCN(CC)COC(=O)c1cc(OC)c(OC)c(OC)c1. The Labute approximate surface area is 125 Å². The number of rotatable bonds is 8. The van der Waals surface area contributed by atoms with Crippen LogP contribution in [-0.4, -0.2) is 52.0 Å². The van der Waals surface area contributed by atoms with Crippen LogP contribution >= 0.6 is 0 Å². The van der Waals surface area contributed by atoms with Gasteiger partial charge in [0, 0.05) is 0 Å². The Bertz CT molecular complexity index is 446. The van der Waals surface area contributed by atoms with Gasteiger partial charge in [0.15, 0.2) is 11.5 Å². The number of nitrogens with zero attached hydrogens (tertiary/aromatic N) is 1.